The van der Waals surface area contributed by atoms with E-state index < -0.39 is 17.5 Å². The van der Waals surface area contributed by atoms with E-state index in [4.69, 9.17) is 4.74 Å². The zero-order valence-corrected chi connectivity index (χ0v) is 12.8. The molecule has 22 heavy (non-hydrogen) atoms. The topological polar surface area (TPSA) is 60.4 Å². The van der Waals surface area contributed by atoms with E-state index in [0.717, 1.165) is 18.4 Å². The van der Waals surface area contributed by atoms with Crippen molar-refractivity contribution in [2.45, 2.75) is 51.6 Å². The van der Waals surface area contributed by atoms with Crippen molar-refractivity contribution >= 4 is 17.5 Å². The van der Waals surface area contributed by atoms with Crippen LogP contribution >= 0.6 is 0 Å². The molecule has 0 bridgehead atoms. The molecule has 0 radical (unpaired) electrons. The second kappa shape index (κ2) is 8.47. The van der Waals surface area contributed by atoms with Crippen LogP contribution in [0.15, 0.2) is 30.3 Å². The fourth-order valence-electron chi connectivity index (χ4n) is 2.83. The molecule has 0 amide bonds. The van der Waals surface area contributed by atoms with Gasteiger partial charge in [0.25, 0.3) is 0 Å². The molecule has 2 rings (SSSR count). The summed E-state index contributed by atoms with van der Waals surface area (Å²) in [6.07, 6.45) is 6.77. The molecular formula is C18H22O4. The second-order valence-corrected chi connectivity index (χ2v) is 5.86. The highest BCUT2D eigenvalue weighted by atomic mass is 16.5. The van der Waals surface area contributed by atoms with E-state index in [9.17, 15) is 14.4 Å². The first-order valence-corrected chi connectivity index (χ1v) is 7.95. The first kappa shape index (κ1) is 16.4. The van der Waals surface area contributed by atoms with Crippen LogP contribution in [0.2, 0.25) is 0 Å². The van der Waals surface area contributed by atoms with Gasteiger partial charge in [0.15, 0.2) is 0 Å². The zero-order chi connectivity index (χ0) is 15.8. The average molecular weight is 302 g/mol. The molecule has 0 spiro atoms. The number of benzene rings is 1. The summed E-state index contributed by atoms with van der Waals surface area (Å²) in [5.41, 5.74) is 0.790. The van der Waals surface area contributed by atoms with Crippen molar-refractivity contribution < 1.29 is 19.1 Å². The van der Waals surface area contributed by atoms with E-state index in [1.165, 1.54) is 19.3 Å². The molecule has 0 atom stereocenters. The molecule has 1 aromatic carbocycles. The van der Waals surface area contributed by atoms with Gasteiger partial charge in [-0.25, -0.2) is 4.79 Å². The lowest BCUT2D eigenvalue weighted by Gasteiger charge is -2.20. The third kappa shape index (κ3) is 5.10. The van der Waals surface area contributed by atoms with Gasteiger partial charge >= 0.3 is 11.8 Å². The summed E-state index contributed by atoms with van der Waals surface area (Å²) >= 11 is 0. The molecule has 1 aliphatic carbocycles. The molecule has 0 aliphatic heterocycles. The lowest BCUT2D eigenvalue weighted by molar-refractivity contribution is -0.157. The van der Waals surface area contributed by atoms with Crippen molar-refractivity contribution in [1.29, 1.82) is 0 Å². The Balaban J connectivity index is 1.72. The molecule has 1 aromatic rings. The average Bonchev–Trinajstić information content (AvgIpc) is 2.58. The Morgan fingerprint density at radius 3 is 2.36 bits per heavy atom. The van der Waals surface area contributed by atoms with Crippen LogP contribution in [0.25, 0.3) is 0 Å². The fraction of sp³-hybridized carbons (Fsp3) is 0.500. The SMILES string of the molecule is O=C(CCC1CCCCC1)C(=O)C(=O)OCc1ccccc1. The third-order valence-corrected chi connectivity index (χ3v) is 4.16. The summed E-state index contributed by atoms with van der Waals surface area (Å²) in [6, 6.07) is 9.08. The third-order valence-electron chi connectivity index (χ3n) is 4.16. The standard InChI is InChI=1S/C18H22O4/c19-16(12-11-14-7-3-1-4-8-14)17(20)18(21)22-13-15-9-5-2-6-10-15/h2,5-6,9-10,14H,1,3-4,7-8,11-13H2. The maximum atomic E-state index is 11.8. The molecule has 1 saturated carbocycles. The van der Waals surface area contributed by atoms with Crippen molar-refractivity contribution in [3.05, 3.63) is 35.9 Å². The van der Waals surface area contributed by atoms with Crippen molar-refractivity contribution in [2.24, 2.45) is 5.92 Å². The lowest BCUT2D eigenvalue weighted by atomic mass is 9.85. The number of hydrogen-bond acceptors (Lipinski definition) is 4. The van der Waals surface area contributed by atoms with E-state index in [2.05, 4.69) is 0 Å². The normalized spacial score (nSPS) is 15.3. The van der Waals surface area contributed by atoms with Gasteiger partial charge in [-0.2, -0.15) is 0 Å². The van der Waals surface area contributed by atoms with Gasteiger partial charge in [0, 0.05) is 6.42 Å². The van der Waals surface area contributed by atoms with Gasteiger partial charge in [-0.3, -0.25) is 9.59 Å². The summed E-state index contributed by atoms with van der Waals surface area (Å²) in [5, 5.41) is 0. The molecular weight excluding hydrogens is 280 g/mol. The molecule has 1 aliphatic rings. The van der Waals surface area contributed by atoms with Crippen LogP contribution in [-0.4, -0.2) is 17.5 Å². The largest absolute Gasteiger partial charge is 0.455 e. The molecule has 1 fully saturated rings. The number of carbonyl (C=O) groups excluding carboxylic acids is 3. The molecule has 0 aromatic heterocycles. The zero-order valence-electron chi connectivity index (χ0n) is 12.8. The van der Waals surface area contributed by atoms with Gasteiger partial charge in [0.2, 0.25) is 5.78 Å². The van der Waals surface area contributed by atoms with Crippen LogP contribution in [0.3, 0.4) is 0 Å². The summed E-state index contributed by atoms with van der Waals surface area (Å²) in [6.45, 7) is 0.0152. The Labute approximate surface area is 130 Å². The highest BCUT2D eigenvalue weighted by Gasteiger charge is 2.25. The molecule has 118 valence electrons. The molecule has 0 heterocycles. The Morgan fingerprint density at radius 1 is 1.00 bits per heavy atom. The Bertz CT molecular complexity index is 515. The van der Waals surface area contributed by atoms with Gasteiger partial charge in [0.1, 0.15) is 6.61 Å². The predicted molar refractivity (Wildman–Crippen MR) is 82.1 cm³/mol. The maximum absolute atomic E-state index is 11.8. The van der Waals surface area contributed by atoms with Crippen molar-refractivity contribution in [2.75, 3.05) is 0 Å². The number of hydrogen-bond donors (Lipinski definition) is 0. The fourth-order valence-corrected chi connectivity index (χ4v) is 2.83. The molecule has 4 heteroatoms. The van der Waals surface area contributed by atoms with Crippen LogP contribution in [-0.2, 0) is 25.7 Å². The first-order valence-electron chi connectivity index (χ1n) is 7.95. The highest BCUT2D eigenvalue weighted by Crippen LogP contribution is 2.27. The predicted octanol–water partition coefficient (Wildman–Crippen LogP) is 3.23. The van der Waals surface area contributed by atoms with Crippen molar-refractivity contribution in [1.82, 2.24) is 0 Å². The van der Waals surface area contributed by atoms with Crippen LogP contribution in [0, 0.1) is 5.92 Å². The minimum Gasteiger partial charge on any atom is -0.455 e. The first-order chi connectivity index (χ1) is 10.7. The van der Waals surface area contributed by atoms with Gasteiger partial charge in [0.05, 0.1) is 0 Å². The number of carbonyl (C=O) groups is 3. The summed E-state index contributed by atoms with van der Waals surface area (Å²) in [7, 11) is 0. The number of ether oxygens (including phenoxy) is 1. The molecule has 0 N–H and O–H groups in total. The van der Waals surface area contributed by atoms with Crippen LogP contribution < -0.4 is 0 Å². The minimum absolute atomic E-state index is 0.0152. The van der Waals surface area contributed by atoms with Crippen LogP contribution in [0.4, 0.5) is 0 Å². The summed E-state index contributed by atoms with van der Waals surface area (Å²) in [5.74, 6) is -2.17. The Kier molecular flexibility index (Phi) is 6.31. The number of Topliss-reactive ketones (excluding diaryl/α,β-unsaturated/α-hetero) is 2. The van der Waals surface area contributed by atoms with Crippen LogP contribution in [0.5, 0.6) is 0 Å². The molecule has 0 saturated heterocycles. The van der Waals surface area contributed by atoms with E-state index in [0.29, 0.717) is 12.3 Å². The van der Waals surface area contributed by atoms with Gasteiger partial charge in [-0.05, 0) is 17.9 Å². The Hall–Kier alpha value is -1.97. The van der Waals surface area contributed by atoms with E-state index in [-0.39, 0.29) is 13.0 Å². The molecule has 0 unspecified atom stereocenters. The minimum atomic E-state index is -1.04. The van der Waals surface area contributed by atoms with E-state index >= 15 is 0 Å². The highest BCUT2D eigenvalue weighted by molar-refractivity contribution is 6.62. The quantitative estimate of drug-likeness (QED) is 0.441. The van der Waals surface area contributed by atoms with Gasteiger partial charge in [-0.15, -0.1) is 0 Å². The van der Waals surface area contributed by atoms with E-state index in [1.807, 2.05) is 18.2 Å². The lowest BCUT2D eigenvalue weighted by Crippen LogP contribution is -2.26. The smallest absolute Gasteiger partial charge is 0.383 e. The van der Waals surface area contributed by atoms with Gasteiger partial charge < -0.3 is 4.74 Å². The number of rotatable bonds is 7. The summed E-state index contributed by atoms with van der Waals surface area (Å²) in [4.78, 5) is 35.1. The number of ketones is 2. The number of esters is 1. The summed E-state index contributed by atoms with van der Waals surface area (Å²) < 4.78 is 4.89. The Morgan fingerprint density at radius 2 is 1.68 bits per heavy atom. The van der Waals surface area contributed by atoms with Crippen molar-refractivity contribution in [3.8, 4) is 0 Å². The monoisotopic (exact) mass is 302 g/mol. The maximum Gasteiger partial charge on any atom is 0.383 e. The molecule has 4 nitrogen and oxygen atoms in total. The van der Waals surface area contributed by atoms with Crippen LogP contribution in [0.1, 0.15) is 50.5 Å². The van der Waals surface area contributed by atoms with E-state index in [1.54, 1.807) is 12.1 Å². The second-order valence-electron chi connectivity index (χ2n) is 5.86. The van der Waals surface area contributed by atoms with Crippen molar-refractivity contribution in [3.63, 3.8) is 0 Å². The van der Waals surface area contributed by atoms with Gasteiger partial charge in [-0.1, -0.05) is 62.4 Å².